The van der Waals surface area contributed by atoms with Gasteiger partial charge >= 0.3 is 5.97 Å². The fraction of sp³-hybridized carbons (Fsp3) is 0.125. The van der Waals surface area contributed by atoms with Gasteiger partial charge in [0.25, 0.3) is 0 Å². The van der Waals surface area contributed by atoms with Gasteiger partial charge in [0.05, 0.1) is 10.6 Å². The van der Waals surface area contributed by atoms with Crippen LogP contribution in [0, 0.1) is 0 Å². The Morgan fingerprint density at radius 1 is 1.08 bits per heavy atom. The summed E-state index contributed by atoms with van der Waals surface area (Å²) in [6.45, 7) is -0.462. The first-order chi connectivity index (χ1) is 12.3. The number of sulfonamides is 1. The molecule has 2 aromatic carbocycles. The Morgan fingerprint density at radius 2 is 1.77 bits per heavy atom. The summed E-state index contributed by atoms with van der Waals surface area (Å²) in [5.74, 6) is -0.397. The lowest BCUT2D eigenvalue weighted by atomic mass is 10.1. The highest BCUT2D eigenvalue weighted by Crippen LogP contribution is 2.32. The molecule has 0 aliphatic carbocycles. The molecule has 2 aromatic rings. The van der Waals surface area contributed by atoms with E-state index < -0.39 is 33.3 Å². The van der Waals surface area contributed by atoms with Crippen molar-refractivity contribution in [1.82, 2.24) is 0 Å². The maximum absolute atomic E-state index is 12.2. The van der Waals surface area contributed by atoms with E-state index in [2.05, 4.69) is 0 Å². The fourth-order valence-electron chi connectivity index (χ4n) is 2.22. The van der Waals surface area contributed by atoms with Gasteiger partial charge in [0.15, 0.2) is 23.9 Å². The van der Waals surface area contributed by atoms with Crippen molar-refractivity contribution >= 4 is 33.4 Å². The number of benzene rings is 2. The van der Waals surface area contributed by atoms with Crippen molar-refractivity contribution in [3.8, 4) is 11.5 Å². The van der Waals surface area contributed by atoms with Crippen LogP contribution in [0.25, 0.3) is 0 Å². The number of esters is 1. The number of Topliss-reactive ketones (excluding diaryl/α,β-unsaturated/α-hetero) is 1. The van der Waals surface area contributed by atoms with E-state index in [9.17, 15) is 18.0 Å². The molecule has 0 saturated carbocycles. The highest BCUT2D eigenvalue weighted by Gasteiger charge is 2.20. The van der Waals surface area contributed by atoms with Crippen molar-refractivity contribution in [2.24, 2.45) is 5.14 Å². The van der Waals surface area contributed by atoms with Crippen molar-refractivity contribution in [3.05, 3.63) is 52.5 Å². The number of hydrogen-bond acceptors (Lipinski definition) is 7. The highest BCUT2D eigenvalue weighted by molar-refractivity contribution is 7.89. The number of fused-ring (bicyclic) bond motifs is 1. The number of carbonyl (C=O) groups is 2. The molecular formula is C16H12ClNO7S. The van der Waals surface area contributed by atoms with Gasteiger partial charge in [-0.05, 0) is 36.4 Å². The van der Waals surface area contributed by atoms with Crippen LogP contribution in [-0.4, -0.2) is 33.6 Å². The topological polar surface area (TPSA) is 122 Å². The van der Waals surface area contributed by atoms with E-state index in [1.807, 2.05) is 0 Å². The zero-order valence-corrected chi connectivity index (χ0v) is 14.7. The number of primary sulfonamides is 1. The van der Waals surface area contributed by atoms with Crippen LogP contribution in [0.15, 0.2) is 41.3 Å². The van der Waals surface area contributed by atoms with Gasteiger partial charge in [0.1, 0.15) is 4.90 Å². The van der Waals surface area contributed by atoms with Crippen LogP contribution in [-0.2, 0) is 14.8 Å². The quantitative estimate of drug-likeness (QED) is 0.602. The lowest BCUT2D eigenvalue weighted by Gasteiger charge is -2.07. The minimum absolute atomic E-state index is 0.0743. The van der Waals surface area contributed by atoms with Gasteiger partial charge in [-0.1, -0.05) is 11.6 Å². The molecule has 1 heterocycles. The van der Waals surface area contributed by atoms with Gasteiger partial charge in [0.2, 0.25) is 16.8 Å². The summed E-state index contributed by atoms with van der Waals surface area (Å²) in [4.78, 5) is 23.8. The molecule has 0 saturated heterocycles. The van der Waals surface area contributed by atoms with Crippen LogP contribution < -0.4 is 14.6 Å². The summed E-state index contributed by atoms with van der Waals surface area (Å²) in [7, 11) is -4.10. The maximum atomic E-state index is 12.2. The summed E-state index contributed by atoms with van der Waals surface area (Å²) >= 11 is 5.75. The van der Waals surface area contributed by atoms with Crippen LogP contribution in [0.3, 0.4) is 0 Å². The number of ketones is 1. The van der Waals surface area contributed by atoms with E-state index in [1.165, 1.54) is 24.3 Å². The normalized spacial score (nSPS) is 12.7. The molecule has 0 spiro atoms. The molecule has 0 amide bonds. The summed E-state index contributed by atoms with van der Waals surface area (Å²) in [5, 5.41) is 4.90. The van der Waals surface area contributed by atoms with Crippen LogP contribution in [0.5, 0.6) is 11.5 Å². The first kappa shape index (κ1) is 18.2. The van der Waals surface area contributed by atoms with Crippen molar-refractivity contribution in [2.75, 3.05) is 13.4 Å². The van der Waals surface area contributed by atoms with Crippen LogP contribution in [0.1, 0.15) is 20.7 Å². The predicted molar refractivity (Wildman–Crippen MR) is 90.0 cm³/mol. The van der Waals surface area contributed by atoms with Crippen molar-refractivity contribution in [2.45, 2.75) is 4.90 Å². The Balaban J connectivity index is 1.70. The van der Waals surface area contributed by atoms with Gasteiger partial charge < -0.3 is 14.2 Å². The van der Waals surface area contributed by atoms with Gasteiger partial charge in [-0.3, -0.25) is 4.79 Å². The fourth-order valence-corrected chi connectivity index (χ4v) is 3.29. The standard InChI is InChI=1S/C16H12ClNO7S/c17-11-3-1-10(6-15(11)26(18,21)22)16(20)23-7-12(19)9-2-4-13-14(5-9)25-8-24-13/h1-6H,7-8H2,(H2,18,21,22). The molecule has 136 valence electrons. The van der Waals surface area contributed by atoms with Crippen LogP contribution in [0.4, 0.5) is 0 Å². The molecule has 8 nitrogen and oxygen atoms in total. The third-order valence-electron chi connectivity index (χ3n) is 3.50. The lowest BCUT2D eigenvalue weighted by molar-refractivity contribution is 0.0474. The molecule has 26 heavy (non-hydrogen) atoms. The first-order valence-corrected chi connectivity index (χ1v) is 9.10. The second-order valence-corrected chi connectivity index (χ2v) is 7.19. The number of hydrogen-bond donors (Lipinski definition) is 1. The monoisotopic (exact) mass is 397 g/mol. The molecule has 0 aromatic heterocycles. The molecule has 2 N–H and O–H groups in total. The summed E-state index contributed by atoms with van der Waals surface area (Å²) < 4.78 is 38.1. The van der Waals surface area contributed by atoms with Crippen molar-refractivity contribution < 1.29 is 32.2 Å². The third kappa shape index (κ3) is 3.79. The Kier molecular flexibility index (Phi) is 4.86. The van der Waals surface area contributed by atoms with E-state index in [4.69, 9.17) is 31.0 Å². The van der Waals surface area contributed by atoms with Gasteiger partial charge in [-0.15, -0.1) is 0 Å². The summed E-state index contributed by atoms with van der Waals surface area (Å²) in [5.41, 5.74) is 0.181. The smallest absolute Gasteiger partial charge is 0.338 e. The largest absolute Gasteiger partial charge is 0.454 e. The van der Waals surface area contributed by atoms with Gasteiger partial charge in [-0.25, -0.2) is 18.4 Å². The molecule has 10 heteroatoms. The zero-order valence-electron chi connectivity index (χ0n) is 13.1. The van der Waals surface area contributed by atoms with E-state index in [0.717, 1.165) is 6.07 Å². The Labute approximate surface area is 153 Å². The molecule has 0 unspecified atom stereocenters. The molecule has 3 rings (SSSR count). The zero-order chi connectivity index (χ0) is 18.9. The lowest BCUT2D eigenvalue weighted by Crippen LogP contribution is -2.16. The number of halogens is 1. The second-order valence-electron chi connectivity index (χ2n) is 5.26. The molecule has 0 atom stereocenters. The number of ether oxygens (including phenoxy) is 3. The number of nitrogens with two attached hydrogens (primary N) is 1. The average Bonchev–Trinajstić information content (AvgIpc) is 3.06. The first-order valence-electron chi connectivity index (χ1n) is 7.18. The van der Waals surface area contributed by atoms with Crippen molar-refractivity contribution in [1.29, 1.82) is 0 Å². The molecule has 0 fully saturated rings. The van der Waals surface area contributed by atoms with E-state index in [-0.39, 0.29) is 22.9 Å². The third-order valence-corrected chi connectivity index (χ3v) is 4.89. The van der Waals surface area contributed by atoms with Crippen molar-refractivity contribution in [3.63, 3.8) is 0 Å². The molecule has 1 aliphatic heterocycles. The van der Waals surface area contributed by atoms with Gasteiger partial charge in [0, 0.05) is 5.56 Å². The van der Waals surface area contributed by atoms with Gasteiger partial charge in [-0.2, -0.15) is 0 Å². The van der Waals surface area contributed by atoms with E-state index in [0.29, 0.717) is 11.5 Å². The SMILES string of the molecule is NS(=O)(=O)c1cc(C(=O)OCC(=O)c2ccc3c(c2)OCO3)ccc1Cl. The minimum atomic E-state index is -4.10. The van der Waals surface area contributed by atoms with Crippen LogP contribution in [0.2, 0.25) is 5.02 Å². The summed E-state index contributed by atoms with van der Waals surface area (Å²) in [6, 6.07) is 8.05. The molecule has 0 radical (unpaired) electrons. The molecule has 1 aliphatic rings. The second kappa shape index (κ2) is 6.94. The Hall–Kier alpha value is -2.62. The number of carbonyl (C=O) groups excluding carboxylic acids is 2. The van der Waals surface area contributed by atoms with Crippen LogP contribution >= 0.6 is 11.6 Å². The molecule has 0 bridgehead atoms. The highest BCUT2D eigenvalue weighted by atomic mass is 35.5. The van der Waals surface area contributed by atoms with E-state index in [1.54, 1.807) is 6.07 Å². The minimum Gasteiger partial charge on any atom is -0.454 e. The summed E-state index contributed by atoms with van der Waals surface area (Å²) in [6.07, 6.45) is 0. The molecular weight excluding hydrogens is 386 g/mol. The maximum Gasteiger partial charge on any atom is 0.338 e. The Bertz CT molecular complexity index is 1000. The number of rotatable bonds is 5. The predicted octanol–water partition coefficient (Wildman–Crippen LogP) is 1.76. The Morgan fingerprint density at radius 3 is 2.50 bits per heavy atom. The average molecular weight is 398 g/mol. The van der Waals surface area contributed by atoms with E-state index >= 15 is 0 Å².